The van der Waals surface area contributed by atoms with Gasteiger partial charge in [-0.2, -0.15) is 0 Å². The van der Waals surface area contributed by atoms with Gasteiger partial charge in [0.25, 0.3) is 17.7 Å². The molecule has 9 atom stereocenters. The van der Waals surface area contributed by atoms with Crippen molar-refractivity contribution in [2.24, 2.45) is 11.8 Å². The number of hydrogen-bond acceptors (Lipinski definition) is 13. The van der Waals surface area contributed by atoms with Gasteiger partial charge in [0.15, 0.2) is 24.4 Å². The molecule has 74 heavy (non-hydrogen) atoms. The van der Waals surface area contributed by atoms with Gasteiger partial charge >= 0.3 is 29.8 Å². The monoisotopic (exact) mass is 1030 g/mol. The molecule has 3 amide bonds. The van der Waals surface area contributed by atoms with Crippen molar-refractivity contribution in [1.29, 1.82) is 0 Å². The number of aliphatic carboxylic acids is 1. The van der Waals surface area contributed by atoms with Crippen molar-refractivity contribution >= 4 is 47.6 Å². The summed E-state index contributed by atoms with van der Waals surface area (Å²) >= 11 is 0. The van der Waals surface area contributed by atoms with Crippen molar-refractivity contribution in [3.05, 3.63) is 108 Å². The summed E-state index contributed by atoms with van der Waals surface area (Å²) in [7, 11) is 4.51. The molecule has 0 aromatic heterocycles. The van der Waals surface area contributed by atoms with E-state index in [0.717, 1.165) is 5.56 Å². The first-order valence-electron chi connectivity index (χ1n) is 26.0. The Labute approximate surface area is 436 Å². The highest BCUT2D eigenvalue weighted by atomic mass is 16.6. The van der Waals surface area contributed by atoms with Crippen LogP contribution in [-0.4, -0.2) is 144 Å². The average Bonchev–Trinajstić information content (AvgIpc) is 3.39. The zero-order chi connectivity index (χ0) is 54.5. The molecular weight excluding hydrogens is 949 g/mol. The molecule has 1 fully saturated rings. The first kappa shape index (κ1) is 59.9. The molecule has 2 N–H and O–H groups in total. The Bertz CT molecular complexity index is 2300. The van der Waals surface area contributed by atoms with Crippen LogP contribution in [0.2, 0.25) is 0 Å². The first-order valence-corrected chi connectivity index (χ1v) is 26.0. The van der Waals surface area contributed by atoms with E-state index in [1.54, 1.807) is 67.7 Å². The molecule has 0 radical (unpaired) electrons. The van der Waals surface area contributed by atoms with E-state index in [1.807, 2.05) is 65.0 Å². The molecule has 3 aromatic carbocycles. The molecule has 0 unspecified atom stereocenters. The second-order valence-corrected chi connectivity index (χ2v) is 19.7. The Morgan fingerprint density at radius 2 is 1.11 bits per heavy atom. The molecule has 0 bridgehead atoms. The van der Waals surface area contributed by atoms with Crippen LogP contribution < -0.4 is 5.32 Å². The third kappa shape index (κ3) is 17.5. The van der Waals surface area contributed by atoms with Crippen LogP contribution in [0.4, 0.5) is 0 Å². The molecule has 0 spiro atoms. The molecule has 0 aliphatic carbocycles. The third-order valence-corrected chi connectivity index (χ3v) is 13.6. The maximum atomic E-state index is 15.0. The summed E-state index contributed by atoms with van der Waals surface area (Å²) in [5, 5.41) is 12.4. The standard InChI is InChI=1S/C57H78N4O13/c1-10-12-30-43(59(8)50(62)47(35-41-26-18-14-19-27-41)74-57(70)49(58-7)38(5)11-2)54(67)72-46(34-40-24-16-13-17-25-40)51(63)60(9)45(33-37(3)4)56(69)73-48(36-42-28-20-15-21-29-42)52(64)61-32-23-22-31-44(61)55(68)71-39(6)53(65)66/h13-21,24-29,37-39,43-49,58H,10-12,22-23,30-36H2,1-9H3,(H,65,66)/t38-,39+,43-,44-,45-,46+,47+,48+,49-/m0/s1. The fraction of sp³-hybridized carbons (Fsp3) is 0.544. The normalized spacial score (nSPS) is 16.7. The third-order valence-electron chi connectivity index (χ3n) is 13.6. The van der Waals surface area contributed by atoms with Crippen LogP contribution in [0.3, 0.4) is 0 Å². The smallest absolute Gasteiger partial charge is 0.344 e. The van der Waals surface area contributed by atoms with Crippen molar-refractivity contribution in [2.75, 3.05) is 27.7 Å². The van der Waals surface area contributed by atoms with Gasteiger partial charge in [0.05, 0.1) is 0 Å². The quantitative estimate of drug-likeness (QED) is 0.0597. The molecule has 1 aliphatic rings. The van der Waals surface area contributed by atoms with Crippen LogP contribution in [0.15, 0.2) is 91.0 Å². The maximum absolute atomic E-state index is 15.0. The van der Waals surface area contributed by atoms with Crippen molar-refractivity contribution < 1.29 is 62.4 Å². The minimum absolute atomic E-state index is 0.0323. The van der Waals surface area contributed by atoms with Gasteiger partial charge in [-0.05, 0) is 74.6 Å². The van der Waals surface area contributed by atoms with Gasteiger partial charge in [-0.25, -0.2) is 19.2 Å². The lowest BCUT2D eigenvalue weighted by Crippen LogP contribution is -2.55. The SMILES string of the molecule is CCCC[C@@H](C(=O)O[C@H](Cc1ccccc1)C(=O)N(C)[C@@H](CC(C)C)C(=O)O[C@H](Cc1ccccc1)C(=O)N1CCCC[C@H]1C(=O)O[C@H](C)C(=O)O)N(C)C(=O)[C@@H](Cc1ccccc1)OC(=O)[C@@H](NC)[C@@H](C)CC. The zero-order valence-corrected chi connectivity index (χ0v) is 44.6. The molecule has 17 nitrogen and oxygen atoms in total. The number of hydrogen-bond donors (Lipinski definition) is 2. The average molecular weight is 1030 g/mol. The van der Waals surface area contributed by atoms with Crippen molar-refractivity contribution in [3.63, 3.8) is 0 Å². The van der Waals surface area contributed by atoms with E-state index in [4.69, 9.17) is 18.9 Å². The molecule has 1 saturated heterocycles. The summed E-state index contributed by atoms with van der Waals surface area (Å²) in [6.07, 6.45) is -2.53. The van der Waals surface area contributed by atoms with Crippen molar-refractivity contribution in [3.8, 4) is 0 Å². The highest BCUT2D eigenvalue weighted by Crippen LogP contribution is 2.25. The predicted molar refractivity (Wildman–Crippen MR) is 277 cm³/mol. The number of rotatable bonds is 28. The summed E-state index contributed by atoms with van der Waals surface area (Å²) in [5.74, 6) is -7.00. The van der Waals surface area contributed by atoms with Gasteiger partial charge in [-0.3, -0.25) is 19.2 Å². The molecule has 17 heteroatoms. The number of likely N-dealkylation sites (N-methyl/N-ethyl adjacent to an activating group) is 3. The van der Waals surface area contributed by atoms with Gasteiger partial charge in [-0.1, -0.05) is 145 Å². The Kier molecular flexibility index (Phi) is 24.2. The minimum Gasteiger partial charge on any atom is -0.479 e. The van der Waals surface area contributed by atoms with Crippen LogP contribution >= 0.6 is 0 Å². The number of carbonyl (C=O) groups is 8. The number of benzene rings is 3. The number of unbranched alkanes of at least 4 members (excludes halogenated alkanes) is 1. The number of nitrogens with zero attached hydrogens (tertiary/aromatic N) is 3. The first-order chi connectivity index (χ1) is 35.3. The Morgan fingerprint density at radius 3 is 1.57 bits per heavy atom. The van der Waals surface area contributed by atoms with E-state index in [-0.39, 0.29) is 56.9 Å². The van der Waals surface area contributed by atoms with Crippen molar-refractivity contribution in [2.45, 2.75) is 161 Å². The van der Waals surface area contributed by atoms with Crippen LogP contribution in [0.25, 0.3) is 0 Å². The Balaban J connectivity index is 1.68. The minimum atomic E-state index is -1.51. The summed E-state index contributed by atoms with van der Waals surface area (Å²) in [6, 6.07) is 22.5. The fourth-order valence-electron chi connectivity index (χ4n) is 8.96. The Hall–Kier alpha value is -6.62. The number of carboxylic acid groups (broad SMARTS) is 1. The highest BCUT2D eigenvalue weighted by molar-refractivity contribution is 5.93. The van der Waals surface area contributed by atoms with Gasteiger partial charge in [0.2, 0.25) is 0 Å². The molecule has 1 heterocycles. The van der Waals surface area contributed by atoms with Gasteiger partial charge in [0.1, 0.15) is 24.2 Å². The van der Waals surface area contributed by atoms with E-state index in [2.05, 4.69) is 5.32 Å². The van der Waals surface area contributed by atoms with E-state index >= 15 is 0 Å². The fourth-order valence-corrected chi connectivity index (χ4v) is 8.96. The number of nitrogens with one attached hydrogen (secondary N) is 1. The van der Waals surface area contributed by atoms with E-state index in [0.29, 0.717) is 43.2 Å². The van der Waals surface area contributed by atoms with Gasteiger partial charge < -0.3 is 44.1 Å². The number of ether oxygens (including phenoxy) is 4. The van der Waals surface area contributed by atoms with E-state index in [9.17, 15) is 43.5 Å². The van der Waals surface area contributed by atoms with Crippen LogP contribution in [0, 0.1) is 11.8 Å². The number of likely N-dealkylation sites (tertiary alicyclic amines) is 1. The molecular formula is C57H78N4O13. The molecule has 3 aromatic rings. The molecule has 404 valence electrons. The lowest BCUT2D eigenvalue weighted by Gasteiger charge is -2.37. The number of carbonyl (C=O) groups excluding carboxylic acids is 7. The largest absolute Gasteiger partial charge is 0.479 e. The number of esters is 4. The summed E-state index contributed by atoms with van der Waals surface area (Å²) in [4.78, 5) is 116. The number of piperidine rings is 1. The van der Waals surface area contributed by atoms with Gasteiger partial charge in [0, 0.05) is 39.9 Å². The molecule has 0 saturated carbocycles. The molecule has 1 aliphatic heterocycles. The van der Waals surface area contributed by atoms with Crippen LogP contribution in [0.5, 0.6) is 0 Å². The second-order valence-electron chi connectivity index (χ2n) is 19.7. The molecule has 4 rings (SSSR count). The summed E-state index contributed by atoms with van der Waals surface area (Å²) < 4.78 is 23.5. The highest BCUT2D eigenvalue weighted by Gasteiger charge is 2.43. The van der Waals surface area contributed by atoms with Crippen LogP contribution in [0.1, 0.15) is 110 Å². The lowest BCUT2D eigenvalue weighted by atomic mass is 9.99. The maximum Gasteiger partial charge on any atom is 0.344 e. The zero-order valence-electron chi connectivity index (χ0n) is 44.6. The number of carboxylic acids is 1. The van der Waals surface area contributed by atoms with E-state index in [1.165, 1.54) is 35.7 Å². The summed E-state index contributed by atoms with van der Waals surface area (Å²) in [5.41, 5.74) is 2.02. The second kappa shape index (κ2) is 29.9. The van der Waals surface area contributed by atoms with Crippen molar-refractivity contribution in [1.82, 2.24) is 20.0 Å². The van der Waals surface area contributed by atoms with Gasteiger partial charge in [-0.15, -0.1) is 0 Å². The topological polar surface area (TPSA) is 215 Å². The predicted octanol–water partition coefficient (Wildman–Crippen LogP) is 6.37. The number of amides is 3. The lowest BCUT2D eigenvalue weighted by molar-refractivity contribution is -0.176. The van der Waals surface area contributed by atoms with E-state index < -0.39 is 96.2 Å². The van der Waals surface area contributed by atoms with Crippen LogP contribution in [-0.2, 0) is 76.6 Å². The Morgan fingerprint density at radius 1 is 0.649 bits per heavy atom. The summed E-state index contributed by atoms with van der Waals surface area (Å²) in [6.45, 7) is 10.8.